The molecule has 1 heterocycles. The molecular weight excluding hydrogens is 261 g/mol. The third kappa shape index (κ3) is 3.47. The second-order valence-electron chi connectivity index (χ2n) is 4.04. The van der Waals surface area contributed by atoms with Crippen LogP contribution in [0.1, 0.15) is 5.56 Å². The summed E-state index contributed by atoms with van der Waals surface area (Å²) < 4.78 is 13.8. The van der Waals surface area contributed by atoms with Gasteiger partial charge in [0.15, 0.2) is 11.6 Å². The molecule has 0 unspecified atom stereocenters. The molecule has 0 fully saturated rings. The van der Waals surface area contributed by atoms with Gasteiger partial charge in [0.05, 0.1) is 13.2 Å². The zero-order valence-corrected chi connectivity index (χ0v) is 11.2. The van der Waals surface area contributed by atoms with Crippen molar-refractivity contribution in [3.05, 3.63) is 47.9 Å². The number of benzene rings is 1. The minimum Gasteiger partial charge on any atom is -0.353 e. The smallest absolute Gasteiger partial charge is 0.349 e. The number of aromatic nitrogens is 2. The zero-order valence-electron chi connectivity index (χ0n) is 11.2. The molecule has 0 saturated carbocycles. The Morgan fingerprint density at radius 1 is 1.30 bits per heavy atom. The second kappa shape index (κ2) is 6.55. The summed E-state index contributed by atoms with van der Waals surface area (Å²) in [7, 11) is 3.19. The number of hydrogen-bond donors (Lipinski definition) is 0. The first-order valence-corrected chi connectivity index (χ1v) is 5.94. The molecule has 0 bridgehead atoms. The largest absolute Gasteiger partial charge is 0.353 e. The lowest BCUT2D eigenvalue weighted by atomic mass is 10.2. The molecule has 7 heteroatoms. The van der Waals surface area contributed by atoms with Gasteiger partial charge in [0.1, 0.15) is 0 Å². The van der Waals surface area contributed by atoms with Gasteiger partial charge in [-0.1, -0.05) is 30.3 Å². The molecule has 0 amide bonds. The van der Waals surface area contributed by atoms with Gasteiger partial charge in [0.2, 0.25) is 0 Å². The highest BCUT2D eigenvalue weighted by molar-refractivity contribution is 5.40. The van der Waals surface area contributed by atoms with Crippen LogP contribution in [0.3, 0.4) is 0 Å². The summed E-state index contributed by atoms with van der Waals surface area (Å²) in [5.74, 6) is -0.380. The van der Waals surface area contributed by atoms with Crippen LogP contribution in [0.5, 0.6) is 6.01 Å². The Morgan fingerprint density at radius 3 is 2.75 bits per heavy atom. The maximum absolute atomic E-state index is 13.8. The van der Waals surface area contributed by atoms with E-state index in [1.165, 1.54) is 7.05 Å². The van der Waals surface area contributed by atoms with Crippen LogP contribution in [0.4, 0.5) is 10.2 Å². The maximum Gasteiger partial charge on any atom is 0.349 e. The van der Waals surface area contributed by atoms with Crippen molar-refractivity contribution in [3.63, 3.8) is 0 Å². The van der Waals surface area contributed by atoms with Crippen molar-refractivity contribution in [2.75, 3.05) is 19.0 Å². The molecule has 1 aromatic heterocycles. The quantitative estimate of drug-likeness (QED) is 0.621. The molecule has 0 aliphatic rings. The van der Waals surface area contributed by atoms with Crippen molar-refractivity contribution in [3.8, 4) is 6.01 Å². The van der Waals surface area contributed by atoms with Crippen LogP contribution in [-0.2, 0) is 6.54 Å². The molecule has 1 aromatic carbocycles. The van der Waals surface area contributed by atoms with Crippen LogP contribution in [0.15, 0.2) is 46.9 Å². The first kappa shape index (κ1) is 13.9. The predicted molar refractivity (Wildman–Crippen MR) is 71.9 cm³/mol. The van der Waals surface area contributed by atoms with E-state index in [1.807, 2.05) is 30.3 Å². The summed E-state index contributed by atoms with van der Waals surface area (Å²) in [5.41, 5.74) is 1.05. The van der Waals surface area contributed by atoms with Crippen LogP contribution < -0.4 is 9.74 Å². The molecule has 104 valence electrons. The van der Waals surface area contributed by atoms with Crippen molar-refractivity contribution >= 4 is 5.82 Å². The van der Waals surface area contributed by atoms with E-state index in [0.717, 1.165) is 11.8 Å². The lowest BCUT2D eigenvalue weighted by molar-refractivity contribution is 0.282. The van der Waals surface area contributed by atoms with E-state index in [2.05, 4.69) is 20.4 Å². The molecule has 0 atom stereocenters. The lowest BCUT2D eigenvalue weighted by Gasteiger charge is -2.18. The van der Waals surface area contributed by atoms with E-state index in [4.69, 9.17) is 4.84 Å². The molecule has 20 heavy (non-hydrogen) atoms. The fourth-order valence-corrected chi connectivity index (χ4v) is 1.66. The number of anilines is 1. The maximum atomic E-state index is 13.8. The summed E-state index contributed by atoms with van der Waals surface area (Å²) in [4.78, 5) is 14.1. The number of halogens is 1. The summed E-state index contributed by atoms with van der Waals surface area (Å²) in [6, 6.07) is 9.64. The van der Waals surface area contributed by atoms with E-state index < -0.39 is 5.82 Å². The van der Waals surface area contributed by atoms with E-state index >= 15 is 0 Å². The highest BCUT2D eigenvalue weighted by Gasteiger charge is 2.13. The molecule has 2 rings (SSSR count). The van der Waals surface area contributed by atoms with Gasteiger partial charge in [-0.05, 0) is 5.56 Å². The van der Waals surface area contributed by atoms with Crippen LogP contribution in [0, 0.1) is 5.82 Å². The third-order valence-corrected chi connectivity index (χ3v) is 2.53. The molecular formula is C13H14FN5O. The Morgan fingerprint density at radius 2 is 2.05 bits per heavy atom. The van der Waals surface area contributed by atoms with Crippen molar-refractivity contribution in [1.29, 1.82) is 0 Å². The number of nitrogens with zero attached hydrogens (tertiary/aromatic N) is 5. The van der Waals surface area contributed by atoms with Gasteiger partial charge in [-0.2, -0.15) is 15.1 Å². The minimum absolute atomic E-state index is 0.0492. The van der Waals surface area contributed by atoms with Gasteiger partial charge in [0.25, 0.3) is 0 Å². The van der Waals surface area contributed by atoms with Crippen LogP contribution in [0.2, 0.25) is 0 Å². The van der Waals surface area contributed by atoms with Gasteiger partial charge in [-0.3, -0.25) is 4.84 Å². The Bertz CT molecular complexity index is 591. The van der Waals surface area contributed by atoms with E-state index in [0.29, 0.717) is 6.54 Å². The number of rotatable bonds is 5. The number of hydrogen-bond acceptors (Lipinski definition) is 6. The van der Waals surface area contributed by atoms with Crippen molar-refractivity contribution in [2.45, 2.75) is 6.54 Å². The summed E-state index contributed by atoms with van der Waals surface area (Å²) in [5, 5.41) is 6.73. The van der Waals surface area contributed by atoms with E-state index in [1.54, 1.807) is 11.9 Å². The highest BCUT2D eigenvalue weighted by Crippen LogP contribution is 2.19. The highest BCUT2D eigenvalue weighted by atomic mass is 19.1. The first-order chi connectivity index (χ1) is 9.70. The van der Waals surface area contributed by atoms with Crippen LogP contribution >= 0.6 is 0 Å². The second-order valence-corrected chi connectivity index (χ2v) is 4.04. The van der Waals surface area contributed by atoms with Gasteiger partial charge in [-0.15, -0.1) is 0 Å². The van der Waals surface area contributed by atoms with Crippen molar-refractivity contribution in [2.24, 2.45) is 10.4 Å². The summed E-state index contributed by atoms with van der Waals surface area (Å²) in [6.07, 6.45) is 1.05. The molecule has 0 saturated heterocycles. The first-order valence-electron chi connectivity index (χ1n) is 5.94. The van der Waals surface area contributed by atoms with E-state index in [9.17, 15) is 4.39 Å². The Kier molecular flexibility index (Phi) is 4.54. The molecule has 6 nitrogen and oxygen atoms in total. The van der Waals surface area contributed by atoms with Crippen LogP contribution in [0.25, 0.3) is 0 Å². The Labute approximate surface area is 115 Å². The van der Waals surface area contributed by atoms with Gasteiger partial charge in [-0.25, -0.2) is 4.39 Å². The minimum atomic E-state index is -0.524. The van der Waals surface area contributed by atoms with Gasteiger partial charge in [0, 0.05) is 18.9 Å². The molecule has 0 aliphatic carbocycles. The summed E-state index contributed by atoms with van der Waals surface area (Å²) in [6.45, 7) is 0.517. The van der Waals surface area contributed by atoms with Gasteiger partial charge < -0.3 is 4.90 Å². The Balaban J connectivity index is 2.18. The van der Waals surface area contributed by atoms with Gasteiger partial charge >= 0.3 is 6.01 Å². The SMILES string of the molecule is CN=NOc1ncc(F)c(N(C)Cc2ccccc2)n1. The molecule has 0 spiro atoms. The van der Waals surface area contributed by atoms with E-state index in [-0.39, 0.29) is 11.8 Å². The molecule has 0 N–H and O–H groups in total. The van der Waals surface area contributed by atoms with Crippen LogP contribution in [-0.4, -0.2) is 24.1 Å². The topological polar surface area (TPSA) is 63.0 Å². The average Bonchev–Trinajstić information content (AvgIpc) is 2.47. The summed E-state index contributed by atoms with van der Waals surface area (Å²) >= 11 is 0. The standard InChI is InChI=1S/C13H14FN5O/c1-15-18-20-13-16-8-11(14)12(17-13)19(2)9-10-6-4-3-5-7-10/h3-8H,9H2,1-2H3. The lowest BCUT2D eigenvalue weighted by Crippen LogP contribution is -2.19. The monoisotopic (exact) mass is 275 g/mol. The fraction of sp³-hybridized carbons (Fsp3) is 0.231. The molecule has 0 radical (unpaired) electrons. The molecule has 0 aliphatic heterocycles. The average molecular weight is 275 g/mol. The fourth-order valence-electron chi connectivity index (χ4n) is 1.66. The molecule has 2 aromatic rings. The third-order valence-electron chi connectivity index (χ3n) is 2.53. The zero-order chi connectivity index (χ0) is 14.4. The predicted octanol–water partition coefficient (Wildman–Crippen LogP) is 2.63. The van der Waals surface area contributed by atoms with Crippen molar-refractivity contribution in [1.82, 2.24) is 9.97 Å². The Hall–Kier alpha value is -2.57. The van der Waals surface area contributed by atoms with Crippen molar-refractivity contribution < 1.29 is 9.23 Å². The normalized spacial score (nSPS) is 10.8.